The maximum atomic E-state index is 13.0. The molecule has 3 aromatic rings. The smallest absolute Gasteiger partial charge is 0.475 e. The van der Waals surface area contributed by atoms with Crippen molar-refractivity contribution < 1.29 is 31.5 Å². The number of halogens is 3. The summed E-state index contributed by atoms with van der Waals surface area (Å²) in [4.78, 5) is 11.3. The normalized spacial score (nSPS) is 12.0. The Kier molecular flexibility index (Phi) is 6.94. The first-order valence-electron chi connectivity index (χ1n) is 8.70. The first-order valence-corrected chi connectivity index (χ1v) is 10.1. The van der Waals surface area contributed by atoms with Gasteiger partial charge < -0.3 is 10.0 Å². The fourth-order valence-electron chi connectivity index (χ4n) is 2.85. The predicted octanol–water partition coefficient (Wildman–Crippen LogP) is 3.88. The van der Waals surface area contributed by atoms with Crippen LogP contribution in [0.4, 0.5) is 13.2 Å². The van der Waals surface area contributed by atoms with E-state index < -0.39 is 22.2 Å². The highest BCUT2D eigenvalue weighted by atomic mass is 32.2. The second-order valence-corrected chi connectivity index (χ2v) is 8.56. The van der Waals surface area contributed by atoms with Crippen molar-refractivity contribution in [3.8, 4) is 0 Å². The predicted molar refractivity (Wildman–Crippen MR) is 107 cm³/mol. The van der Waals surface area contributed by atoms with Gasteiger partial charge in [-0.2, -0.15) is 13.2 Å². The average Bonchev–Trinajstić information content (AvgIpc) is 3.07. The highest BCUT2D eigenvalue weighted by molar-refractivity contribution is 7.90. The van der Waals surface area contributed by atoms with Crippen LogP contribution in [0.2, 0.25) is 0 Å². The van der Waals surface area contributed by atoms with Gasteiger partial charge in [0.15, 0.2) is 0 Å². The summed E-state index contributed by atoms with van der Waals surface area (Å²) in [7, 11) is 0.405. The number of hydrogen-bond donors (Lipinski definition) is 1. The summed E-state index contributed by atoms with van der Waals surface area (Å²) in [6, 6.07) is 14.7. The van der Waals surface area contributed by atoms with E-state index in [1.165, 1.54) is 3.97 Å². The van der Waals surface area contributed by atoms with Gasteiger partial charge in [0.25, 0.3) is 10.0 Å². The number of benzene rings is 2. The number of carboxylic acid groups (broad SMARTS) is 1. The van der Waals surface area contributed by atoms with E-state index in [-0.39, 0.29) is 0 Å². The Morgan fingerprint density at radius 3 is 2.20 bits per heavy atom. The fourth-order valence-corrected chi connectivity index (χ4v) is 4.42. The van der Waals surface area contributed by atoms with Crippen LogP contribution in [0.5, 0.6) is 0 Å². The van der Waals surface area contributed by atoms with Crippen LogP contribution in [0, 0.1) is 6.92 Å². The van der Waals surface area contributed by atoms with E-state index in [4.69, 9.17) is 9.90 Å². The van der Waals surface area contributed by atoms with Crippen LogP contribution in [0.25, 0.3) is 10.9 Å². The van der Waals surface area contributed by atoms with Gasteiger partial charge in [-0.05, 0) is 50.3 Å². The maximum Gasteiger partial charge on any atom is 0.490 e. The van der Waals surface area contributed by atoms with E-state index in [1.807, 2.05) is 57.4 Å². The quantitative estimate of drug-likeness (QED) is 0.663. The highest BCUT2D eigenvalue weighted by Crippen LogP contribution is 2.26. The molecule has 10 heteroatoms. The SMILES string of the molecule is Cc1ccccc1S(=O)(=O)n1ccc2c(CN(C)C)cccc21.O=C(O)C(F)(F)F. The Hall–Kier alpha value is -2.85. The van der Waals surface area contributed by atoms with E-state index in [0.29, 0.717) is 10.4 Å². The third-order valence-electron chi connectivity index (χ3n) is 4.15. The number of aromatic nitrogens is 1. The number of carboxylic acids is 1. The van der Waals surface area contributed by atoms with E-state index in [9.17, 15) is 21.6 Å². The maximum absolute atomic E-state index is 13.0. The van der Waals surface area contributed by atoms with Crippen molar-refractivity contribution >= 4 is 26.9 Å². The van der Waals surface area contributed by atoms with Gasteiger partial charge in [0.05, 0.1) is 10.4 Å². The monoisotopic (exact) mass is 442 g/mol. The molecule has 1 aromatic heterocycles. The number of rotatable bonds is 4. The molecule has 3 rings (SSSR count). The molecule has 30 heavy (non-hydrogen) atoms. The van der Waals surface area contributed by atoms with Crippen molar-refractivity contribution in [1.82, 2.24) is 8.87 Å². The van der Waals surface area contributed by atoms with Crippen molar-refractivity contribution in [2.75, 3.05) is 14.1 Å². The van der Waals surface area contributed by atoms with Crippen LogP contribution in [-0.2, 0) is 21.4 Å². The van der Waals surface area contributed by atoms with Gasteiger partial charge in [-0.3, -0.25) is 0 Å². The Balaban J connectivity index is 0.000000396. The largest absolute Gasteiger partial charge is 0.490 e. The molecular weight excluding hydrogens is 421 g/mol. The van der Waals surface area contributed by atoms with Gasteiger partial charge in [0.2, 0.25) is 0 Å². The molecule has 162 valence electrons. The van der Waals surface area contributed by atoms with Crippen LogP contribution >= 0.6 is 0 Å². The molecule has 6 nitrogen and oxygen atoms in total. The summed E-state index contributed by atoms with van der Waals surface area (Å²) in [5.74, 6) is -2.76. The van der Waals surface area contributed by atoms with Crippen molar-refractivity contribution in [3.63, 3.8) is 0 Å². The minimum Gasteiger partial charge on any atom is -0.475 e. The summed E-state index contributed by atoms with van der Waals surface area (Å²) in [6.07, 6.45) is -3.44. The molecule has 1 N–H and O–H groups in total. The third kappa shape index (κ3) is 5.19. The molecule has 0 aliphatic heterocycles. The van der Waals surface area contributed by atoms with Crippen molar-refractivity contribution in [3.05, 3.63) is 65.9 Å². The standard InChI is InChI=1S/C18H20N2O2S.C2HF3O2/c1-14-7-4-5-10-18(14)23(21,22)20-12-11-16-15(13-19(2)3)8-6-9-17(16)20;3-2(4,5)1(6)7/h4-12H,13H2,1-3H3;(H,6,7). The van der Waals surface area contributed by atoms with Gasteiger partial charge >= 0.3 is 12.1 Å². The zero-order valence-electron chi connectivity index (χ0n) is 16.5. The second-order valence-electron chi connectivity index (χ2n) is 6.77. The molecule has 0 atom stereocenters. The molecule has 0 fully saturated rings. The van der Waals surface area contributed by atoms with E-state index >= 15 is 0 Å². The van der Waals surface area contributed by atoms with Crippen molar-refractivity contribution in [1.29, 1.82) is 0 Å². The summed E-state index contributed by atoms with van der Waals surface area (Å²) in [5.41, 5.74) is 2.58. The van der Waals surface area contributed by atoms with E-state index in [0.717, 1.165) is 23.1 Å². The number of nitrogens with zero attached hydrogens (tertiary/aromatic N) is 2. The lowest BCUT2D eigenvalue weighted by Crippen LogP contribution is -2.21. The molecule has 0 aliphatic rings. The number of fused-ring (bicyclic) bond motifs is 1. The van der Waals surface area contributed by atoms with Crippen LogP contribution in [0.15, 0.2) is 59.6 Å². The fraction of sp³-hybridized carbons (Fsp3) is 0.250. The molecule has 2 aromatic carbocycles. The van der Waals surface area contributed by atoms with Crippen LogP contribution in [-0.4, -0.2) is 48.6 Å². The van der Waals surface area contributed by atoms with E-state index in [2.05, 4.69) is 4.90 Å². The zero-order chi connectivity index (χ0) is 22.7. The number of aliphatic carboxylic acids is 1. The summed E-state index contributed by atoms with van der Waals surface area (Å²) in [6.45, 7) is 2.59. The molecule has 1 heterocycles. The first-order chi connectivity index (χ1) is 13.9. The first kappa shape index (κ1) is 23.4. The zero-order valence-corrected chi connectivity index (χ0v) is 17.3. The number of alkyl halides is 3. The van der Waals surface area contributed by atoms with Crippen LogP contribution < -0.4 is 0 Å². The van der Waals surface area contributed by atoms with Gasteiger partial charge in [0, 0.05) is 18.1 Å². The number of hydrogen-bond acceptors (Lipinski definition) is 4. The van der Waals surface area contributed by atoms with Gasteiger partial charge in [0.1, 0.15) is 0 Å². The third-order valence-corrected chi connectivity index (χ3v) is 6.00. The van der Waals surface area contributed by atoms with Crippen LogP contribution in [0.3, 0.4) is 0 Å². The lowest BCUT2D eigenvalue weighted by molar-refractivity contribution is -0.192. The molecular formula is C20H21F3N2O4S. The van der Waals surface area contributed by atoms with Gasteiger partial charge in [-0.1, -0.05) is 30.3 Å². The lowest BCUT2D eigenvalue weighted by Gasteiger charge is -2.12. The molecule has 0 radical (unpaired) electrons. The number of aryl methyl sites for hydroxylation is 1. The Morgan fingerprint density at radius 2 is 1.67 bits per heavy atom. The van der Waals surface area contributed by atoms with Crippen LogP contribution in [0.1, 0.15) is 11.1 Å². The molecule has 0 amide bonds. The lowest BCUT2D eigenvalue weighted by atomic mass is 10.1. The second kappa shape index (κ2) is 8.88. The molecule has 0 bridgehead atoms. The number of carbonyl (C=O) groups is 1. The summed E-state index contributed by atoms with van der Waals surface area (Å²) >= 11 is 0. The average molecular weight is 442 g/mol. The van der Waals surface area contributed by atoms with Crippen molar-refractivity contribution in [2.24, 2.45) is 0 Å². The molecule has 0 unspecified atom stereocenters. The Morgan fingerprint density at radius 1 is 1.07 bits per heavy atom. The summed E-state index contributed by atoms with van der Waals surface area (Å²) < 4.78 is 59.1. The van der Waals surface area contributed by atoms with Gasteiger partial charge in [-0.25, -0.2) is 17.2 Å². The van der Waals surface area contributed by atoms with Crippen molar-refractivity contribution in [2.45, 2.75) is 24.5 Å². The van der Waals surface area contributed by atoms with E-state index in [1.54, 1.807) is 18.3 Å². The molecule has 0 spiro atoms. The van der Waals surface area contributed by atoms with Gasteiger partial charge in [-0.15, -0.1) is 0 Å². The minimum atomic E-state index is -5.08. The summed E-state index contributed by atoms with van der Waals surface area (Å²) in [5, 5.41) is 8.10. The highest BCUT2D eigenvalue weighted by Gasteiger charge is 2.38. The molecule has 0 saturated heterocycles. The Bertz CT molecular complexity index is 1150. The molecule has 0 aliphatic carbocycles. The molecule has 0 saturated carbocycles. The Labute approximate surface area is 172 Å². The minimum absolute atomic E-state index is 0.343. The topological polar surface area (TPSA) is 79.6 Å².